The Labute approximate surface area is 175 Å². The minimum Gasteiger partial charge on any atom is -0.452 e. The number of esters is 1. The molecule has 30 heavy (non-hydrogen) atoms. The van der Waals surface area contributed by atoms with Crippen LogP contribution in [0.5, 0.6) is 5.75 Å². The molecule has 6 nitrogen and oxygen atoms in total. The summed E-state index contributed by atoms with van der Waals surface area (Å²) in [7, 11) is 0. The summed E-state index contributed by atoms with van der Waals surface area (Å²) in [5, 5.41) is 4.76. The highest BCUT2D eigenvalue weighted by atomic mass is 32.1. The number of benzene rings is 2. The van der Waals surface area contributed by atoms with Crippen molar-refractivity contribution in [1.82, 2.24) is 4.98 Å². The molecule has 0 saturated carbocycles. The average molecular weight is 432 g/mol. The molecule has 1 heterocycles. The zero-order valence-electron chi connectivity index (χ0n) is 15.9. The summed E-state index contributed by atoms with van der Waals surface area (Å²) in [6.07, 6.45) is 0.945. The third-order valence-corrected chi connectivity index (χ3v) is 4.80. The summed E-state index contributed by atoms with van der Waals surface area (Å²) in [5.74, 6) is -1.57. The number of rotatable bonds is 8. The topological polar surface area (TPSA) is 77.5 Å². The molecule has 1 aromatic heterocycles. The van der Waals surface area contributed by atoms with Crippen molar-refractivity contribution in [3.05, 3.63) is 65.0 Å². The fourth-order valence-corrected chi connectivity index (χ4v) is 3.28. The van der Waals surface area contributed by atoms with Crippen LogP contribution in [0.25, 0.3) is 11.3 Å². The van der Waals surface area contributed by atoms with Crippen molar-refractivity contribution >= 4 is 28.3 Å². The lowest BCUT2D eigenvalue weighted by Crippen LogP contribution is -2.20. The SMILES string of the molecule is CCc1ccc(-c2csc(NC(=O)COC(=O)c3cccc(OC(F)F)c3)n2)cc1. The van der Waals surface area contributed by atoms with Crippen molar-refractivity contribution in [3.8, 4) is 17.0 Å². The molecular weight excluding hydrogens is 414 g/mol. The van der Waals surface area contributed by atoms with Crippen molar-refractivity contribution in [1.29, 1.82) is 0 Å². The van der Waals surface area contributed by atoms with Gasteiger partial charge in [0.05, 0.1) is 11.3 Å². The molecule has 156 valence electrons. The smallest absolute Gasteiger partial charge is 0.387 e. The number of nitrogens with zero attached hydrogens (tertiary/aromatic N) is 1. The molecule has 2 aromatic carbocycles. The number of halogens is 2. The maximum absolute atomic E-state index is 12.3. The predicted octanol–water partition coefficient (Wildman–Crippen LogP) is 4.77. The van der Waals surface area contributed by atoms with Crippen molar-refractivity contribution in [2.75, 3.05) is 11.9 Å². The van der Waals surface area contributed by atoms with Crippen LogP contribution in [0.2, 0.25) is 0 Å². The number of carbonyl (C=O) groups is 2. The summed E-state index contributed by atoms with van der Waals surface area (Å²) in [6, 6.07) is 13.1. The lowest BCUT2D eigenvalue weighted by atomic mass is 10.1. The Hall–Kier alpha value is -3.33. The van der Waals surface area contributed by atoms with E-state index in [1.807, 2.05) is 29.6 Å². The number of hydrogen-bond acceptors (Lipinski definition) is 6. The fourth-order valence-electron chi connectivity index (χ4n) is 2.54. The van der Waals surface area contributed by atoms with Crippen LogP contribution in [0.4, 0.5) is 13.9 Å². The number of aryl methyl sites for hydroxylation is 1. The Morgan fingerprint density at radius 1 is 1.17 bits per heavy atom. The van der Waals surface area contributed by atoms with E-state index in [4.69, 9.17) is 4.74 Å². The molecular formula is C21H18F2N2O4S. The van der Waals surface area contributed by atoms with Gasteiger partial charge in [-0.1, -0.05) is 37.3 Å². The van der Waals surface area contributed by atoms with Gasteiger partial charge in [0.15, 0.2) is 11.7 Å². The fraction of sp³-hybridized carbons (Fsp3) is 0.190. The Balaban J connectivity index is 1.53. The van der Waals surface area contributed by atoms with Gasteiger partial charge in [0.25, 0.3) is 5.91 Å². The Kier molecular flexibility index (Phi) is 7.08. The average Bonchev–Trinajstić information content (AvgIpc) is 3.20. The molecule has 0 bridgehead atoms. The normalized spacial score (nSPS) is 10.7. The van der Waals surface area contributed by atoms with Gasteiger partial charge >= 0.3 is 12.6 Å². The summed E-state index contributed by atoms with van der Waals surface area (Å²) in [6.45, 7) is -1.47. The third-order valence-electron chi connectivity index (χ3n) is 4.04. The molecule has 3 rings (SSSR count). The van der Waals surface area contributed by atoms with E-state index in [-0.39, 0.29) is 11.3 Å². The van der Waals surface area contributed by atoms with Crippen LogP contribution in [0.1, 0.15) is 22.8 Å². The van der Waals surface area contributed by atoms with Crippen LogP contribution < -0.4 is 10.1 Å². The van der Waals surface area contributed by atoms with Crippen LogP contribution in [-0.2, 0) is 16.0 Å². The van der Waals surface area contributed by atoms with Gasteiger partial charge in [-0.3, -0.25) is 10.1 Å². The maximum atomic E-state index is 12.3. The maximum Gasteiger partial charge on any atom is 0.387 e. The number of aromatic nitrogens is 1. The van der Waals surface area contributed by atoms with E-state index < -0.39 is 25.1 Å². The zero-order valence-corrected chi connectivity index (χ0v) is 16.7. The van der Waals surface area contributed by atoms with E-state index in [0.29, 0.717) is 5.13 Å². The number of hydrogen-bond donors (Lipinski definition) is 1. The van der Waals surface area contributed by atoms with E-state index in [1.165, 1.54) is 35.1 Å². The lowest BCUT2D eigenvalue weighted by Gasteiger charge is -2.07. The molecule has 0 fully saturated rings. The van der Waals surface area contributed by atoms with E-state index in [0.717, 1.165) is 23.7 Å². The number of amides is 1. The van der Waals surface area contributed by atoms with E-state index in [1.54, 1.807) is 0 Å². The number of ether oxygens (including phenoxy) is 2. The molecule has 0 aliphatic heterocycles. The van der Waals surface area contributed by atoms with Crippen molar-refractivity contribution in [2.45, 2.75) is 20.0 Å². The second kappa shape index (κ2) is 9.93. The van der Waals surface area contributed by atoms with Crippen LogP contribution in [0.3, 0.4) is 0 Å². The number of carbonyl (C=O) groups excluding carboxylic acids is 2. The van der Waals surface area contributed by atoms with Gasteiger partial charge in [-0.2, -0.15) is 8.78 Å². The van der Waals surface area contributed by atoms with Gasteiger partial charge in [0.1, 0.15) is 5.75 Å². The second-order valence-electron chi connectivity index (χ2n) is 6.12. The van der Waals surface area contributed by atoms with Crippen molar-refractivity contribution in [3.63, 3.8) is 0 Å². The standard InChI is InChI=1S/C21H18F2N2O4S/c1-2-13-6-8-14(9-7-13)17-12-30-21(24-17)25-18(26)11-28-19(27)15-4-3-5-16(10-15)29-20(22)23/h3-10,12,20H,2,11H2,1H3,(H,24,25,26). The Morgan fingerprint density at radius 3 is 2.63 bits per heavy atom. The first-order chi connectivity index (χ1) is 14.4. The summed E-state index contributed by atoms with van der Waals surface area (Å²) < 4.78 is 33.7. The van der Waals surface area contributed by atoms with Crippen molar-refractivity contribution < 1.29 is 27.8 Å². The van der Waals surface area contributed by atoms with Gasteiger partial charge in [-0.25, -0.2) is 9.78 Å². The second-order valence-corrected chi connectivity index (χ2v) is 6.98. The van der Waals surface area contributed by atoms with E-state index in [2.05, 4.69) is 22.0 Å². The highest BCUT2D eigenvalue weighted by Gasteiger charge is 2.14. The summed E-state index contributed by atoms with van der Waals surface area (Å²) in [4.78, 5) is 28.4. The molecule has 9 heteroatoms. The van der Waals surface area contributed by atoms with Gasteiger partial charge in [-0.15, -0.1) is 11.3 Å². The summed E-state index contributed by atoms with van der Waals surface area (Å²) in [5.41, 5.74) is 2.87. The Bertz CT molecular complexity index is 1020. The molecule has 0 saturated heterocycles. The quantitative estimate of drug-likeness (QED) is 0.519. The molecule has 1 N–H and O–H groups in total. The highest BCUT2D eigenvalue weighted by Crippen LogP contribution is 2.25. The highest BCUT2D eigenvalue weighted by molar-refractivity contribution is 7.14. The largest absolute Gasteiger partial charge is 0.452 e. The minimum absolute atomic E-state index is 0.00647. The lowest BCUT2D eigenvalue weighted by molar-refractivity contribution is -0.119. The van der Waals surface area contributed by atoms with E-state index >= 15 is 0 Å². The first-order valence-electron chi connectivity index (χ1n) is 9.01. The Morgan fingerprint density at radius 2 is 1.93 bits per heavy atom. The predicted molar refractivity (Wildman–Crippen MR) is 109 cm³/mol. The van der Waals surface area contributed by atoms with Crippen LogP contribution in [0, 0.1) is 0 Å². The minimum atomic E-state index is -3.00. The van der Waals surface area contributed by atoms with E-state index in [9.17, 15) is 18.4 Å². The number of alkyl halides is 2. The molecule has 3 aromatic rings. The van der Waals surface area contributed by atoms with Crippen LogP contribution >= 0.6 is 11.3 Å². The number of thiazole rings is 1. The molecule has 0 atom stereocenters. The molecule has 0 radical (unpaired) electrons. The van der Waals surface area contributed by atoms with Crippen LogP contribution in [-0.4, -0.2) is 30.1 Å². The van der Waals surface area contributed by atoms with Gasteiger partial charge in [0, 0.05) is 10.9 Å². The van der Waals surface area contributed by atoms with Crippen molar-refractivity contribution in [2.24, 2.45) is 0 Å². The molecule has 0 aliphatic carbocycles. The van der Waals surface area contributed by atoms with Gasteiger partial charge in [0.2, 0.25) is 0 Å². The zero-order chi connectivity index (χ0) is 21.5. The summed E-state index contributed by atoms with van der Waals surface area (Å²) >= 11 is 1.25. The molecule has 0 unspecified atom stereocenters. The third kappa shape index (κ3) is 5.84. The van der Waals surface area contributed by atoms with Gasteiger partial charge in [-0.05, 0) is 30.2 Å². The van der Waals surface area contributed by atoms with Crippen LogP contribution in [0.15, 0.2) is 53.9 Å². The monoisotopic (exact) mass is 432 g/mol. The molecule has 0 spiro atoms. The molecule has 0 aliphatic rings. The number of anilines is 1. The van der Waals surface area contributed by atoms with Gasteiger partial charge < -0.3 is 9.47 Å². The first-order valence-corrected chi connectivity index (χ1v) is 9.89. The molecule has 1 amide bonds. The first kappa shape index (κ1) is 21.4. The number of nitrogens with one attached hydrogen (secondary N) is 1.